The summed E-state index contributed by atoms with van der Waals surface area (Å²) in [4.78, 5) is 22.1. The van der Waals surface area contributed by atoms with Crippen LogP contribution in [0.2, 0.25) is 0 Å². The van der Waals surface area contributed by atoms with Crippen molar-refractivity contribution in [3.8, 4) is 0 Å². The maximum atomic E-state index is 12.7. The molecule has 0 bridgehead atoms. The van der Waals surface area contributed by atoms with E-state index in [0.29, 0.717) is 4.90 Å². The van der Waals surface area contributed by atoms with E-state index in [4.69, 9.17) is 5.73 Å². The molecule has 0 radical (unpaired) electrons. The molecule has 13 heavy (non-hydrogen) atoms. The largest absolute Gasteiger partial charge is 0.325 e. The van der Waals surface area contributed by atoms with Crippen molar-refractivity contribution < 1.29 is 18.4 Å². The average Bonchev–Trinajstić information content (AvgIpc) is 2.36. The number of hydrogen-bond donors (Lipinski definition) is 1. The lowest BCUT2D eigenvalue weighted by molar-refractivity contribution is -0.142. The first-order chi connectivity index (χ1) is 5.96. The Hall–Kier alpha value is -1.30. The van der Waals surface area contributed by atoms with Crippen molar-refractivity contribution in [2.24, 2.45) is 5.73 Å². The highest BCUT2D eigenvalue weighted by Crippen LogP contribution is 2.16. The molecule has 0 atom stereocenters. The third-order valence-electron chi connectivity index (χ3n) is 1.59. The van der Waals surface area contributed by atoms with Crippen molar-refractivity contribution in [1.82, 2.24) is 4.90 Å². The standard InChI is InChI=1S/C7H8F2N2O2/c8-7(9,3-10)4-11-5(12)1-2-6(11)13/h1-2H,3-4,10H2. The molecule has 0 aromatic carbocycles. The first-order valence-corrected chi connectivity index (χ1v) is 3.58. The maximum absolute atomic E-state index is 12.7. The van der Waals surface area contributed by atoms with E-state index in [9.17, 15) is 18.4 Å². The number of halogens is 2. The van der Waals surface area contributed by atoms with Gasteiger partial charge in [0.25, 0.3) is 17.7 Å². The smallest absolute Gasteiger partial charge is 0.277 e. The Labute approximate surface area is 73.0 Å². The molecule has 4 nitrogen and oxygen atoms in total. The van der Waals surface area contributed by atoms with Gasteiger partial charge in [0, 0.05) is 12.2 Å². The van der Waals surface area contributed by atoms with E-state index in [1.807, 2.05) is 0 Å². The van der Waals surface area contributed by atoms with Crippen molar-refractivity contribution >= 4 is 11.8 Å². The Kier molecular flexibility index (Phi) is 2.42. The fourth-order valence-electron chi connectivity index (χ4n) is 0.883. The van der Waals surface area contributed by atoms with Crippen LogP contribution in [0, 0.1) is 0 Å². The van der Waals surface area contributed by atoms with Gasteiger partial charge in [0.1, 0.15) is 0 Å². The molecule has 0 saturated carbocycles. The molecule has 1 heterocycles. The third-order valence-corrected chi connectivity index (χ3v) is 1.59. The maximum Gasteiger partial charge on any atom is 0.277 e. The van der Waals surface area contributed by atoms with Gasteiger partial charge in [-0.15, -0.1) is 0 Å². The molecule has 0 aromatic rings. The van der Waals surface area contributed by atoms with Gasteiger partial charge in [-0.2, -0.15) is 0 Å². The molecule has 1 aliphatic heterocycles. The van der Waals surface area contributed by atoms with E-state index in [1.54, 1.807) is 0 Å². The highest BCUT2D eigenvalue weighted by molar-refractivity contribution is 6.12. The number of imide groups is 1. The number of nitrogens with zero attached hydrogens (tertiary/aromatic N) is 1. The lowest BCUT2D eigenvalue weighted by Crippen LogP contribution is -2.44. The van der Waals surface area contributed by atoms with Crippen molar-refractivity contribution in [2.75, 3.05) is 13.1 Å². The van der Waals surface area contributed by atoms with E-state index < -0.39 is 30.8 Å². The molecule has 0 aromatic heterocycles. The average molecular weight is 190 g/mol. The van der Waals surface area contributed by atoms with Gasteiger partial charge in [-0.05, 0) is 0 Å². The minimum Gasteiger partial charge on any atom is -0.325 e. The molecule has 0 aliphatic carbocycles. The topological polar surface area (TPSA) is 63.4 Å². The first-order valence-electron chi connectivity index (χ1n) is 3.58. The Morgan fingerprint density at radius 1 is 1.31 bits per heavy atom. The summed E-state index contributed by atoms with van der Waals surface area (Å²) in [5.41, 5.74) is 4.76. The van der Waals surface area contributed by atoms with Crippen LogP contribution in [0.3, 0.4) is 0 Å². The molecule has 72 valence electrons. The van der Waals surface area contributed by atoms with E-state index in [1.165, 1.54) is 0 Å². The number of carbonyl (C=O) groups is 2. The zero-order valence-electron chi connectivity index (χ0n) is 6.67. The summed E-state index contributed by atoms with van der Waals surface area (Å²) in [5.74, 6) is -4.66. The van der Waals surface area contributed by atoms with Gasteiger partial charge in [-0.3, -0.25) is 14.5 Å². The summed E-state index contributed by atoms with van der Waals surface area (Å²) >= 11 is 0. The fraction of sp³-hybridized carbons (Fsp3) is 0.429. The number of nitrogens with two attached hydrogens (primary N) is 1. The second kappa shape index (κ2) is 3.21. The van der Waals surface area contributed by atoms with Crippen LogP contribution in [-0.2, 0) is 9.59 Å². The summed E-state index contributed by atoms with van der Waals surface area (Å²) in [6, 6.07) is 0. The van der Waals surface area contributed by atoms with Crippen LogP contribution in [-0.4, -0.2) is 35.7 Å². The second-order valence-electron chi connectivity index (χ2n) is 2.66. The van der Waals surface area contributed by atoms with E-state index >= 15 is 0 Å². The Morgan fingerprint density at radius 3 is 2.15 bits per heavy atom. The number of carbonyl (C=O) groups excluding carboxylic acids is 2. The van der Waals surface area contributed by atoms with Crippen molar-refractivity contribution in [3.05, 3.63) is 12.2 Å². The lowest BCUT2D eigenvalue weighted by atomic mass is 10.3. The predicted molar refractivity (Wildman–Crippen MR) is 39.9 cm³/mol. The Morgan fingerprint density at radius 2 is 1.77 bits per heavy atom. The minimum absolute atomic E-state index is 0.465. The predicted octanol–water partition coefficient (Wildman–Crippen LogP) is -0.495. The van der Waals surface area contributed by atoms with Crippen LogP contribution in [0.25, 0.3) is 0 Å². The third kappa shape index (κ3) is 2.09. The van der Waals surface area contributed by atoms with Gasteiger partial charge in [-0.1, -0.05) is 0 Å². The number of amides is 2. The molecule has 0 saturated heterocycles. The highest BCUT2D eigenvalue weighted by Gasteiger charge is 2.35. The van der Waals surface area contributed by atoms with Crippen LogP contribution in [0.5, 0.6) is 0 Å². The quantitative estimate of drug-likeness (QED) is 0.610. The molecule has 6 heteroatoms. The normalized spacial score (nSPS) is 17.3. The van der Waals surface area contributed by atoms with Gasteiger partial charge < -0.3 is 5.73 Å². The molecular formula is C7H8F2N2O2. The molecular weight excluding hydrogens is 182 g/mol. The Balaban J connectivity index is 2.65. The van der Waals surface area contributed by atoms with Crippen molar-refractivity contribution in [3.63, 3.8) is 0 Å². The molecule has 0 fully saturated rings. The number of rotatable bonds is 3. The van der Waals surface area contributed by atoms with Crippen LogP contribution < -0.4 is 5.73 Å². The lowest BCUT2D eigenvalue weighted by Gasteiger charge is -2.20. The van der Waals surface area contributed by atoms with Crippen LogP contribution in [0.1, 0.15) is 0 Å². The summed E-state index contributed by atoms with van der Waals surface area (Å²) < 4.78 is 25.3. The van der Waals surface area contributed by atoms with E-state index in [-0.39, 0.29) is 0 Å². The molecule has 0 spiro atoms. The molecule has 1 aliphatic rings. The van der Waals surface area contributed by atoms with Gasteiger partial charge >= 0.3 is 0 Å². The summed E-state index contributed by atoms with van der Waals surface area (Å²) in [6.45, 7) is -1.84. The van der Waals surface area contributed by atoms with Gasteiger partial charge in [0.05, 0.1) is 13.1 Å². The molecule has 2 N–H and O–H groups in total. The molecule has 2 amide bonds. The second-order valence-corrected chi connectivity index (χ2v) is 2.66. The van der Waals surface area contributed by atoms with E-state index in [2.05, 4.69) is 0 Å². The number of hydrogen-bond acceptors (Lipinski definition) is 3. The first kappa shape index (κ1) is 9.79. The SMILES string of the molecule is NCC(F)(F)CN1C(=O)C=CC1=O. The minimum atomic E-state index is -3.21. The summed E-state index contributed by atoms with van der Waals surface area (Å²) in [6.07, 6.45) is 1.91. The van der Waals surface area contributed by atoms with Gasteiger partial charge in [-0.25, -0.2) is 8.78 Å². The Bertz CT molecular complexity index is 258. The molecule has 0 unspecified atom stereocenters. The van der Waals surface area contributed by atoms with E-state index in [0.717, 1.165) is 12.2 Å². The van der Waals surface area contributed by atoms with Crippen molar-refractivity contribution in [1.29, 1.82) is 0 Å². The van der Waals surface area contributed by atoms with Crippen LogP contribution in [0.4, 0.5) is 8.78 Å². The fourth-order valence-corrected chi connectivity index (χ4v) is 0.883. The van der Waals surface area contributed by atoms with Crippen molar-refractivity contribution in [2.45, 2.75) is 5.92 Å². The summed E-state index contributed by atoms with van der Waals surface area (Å²) in [7, 11) is 0. The zero-order valence-corrected chi connectivity index (χ0v) is 6.67. The monoisotopic (exact) mass is 190 g/mol. The highest BCUT2D eigenvalue weighted by atomic mass is 19.3. The number of alkyl halides is 2. The molecule has 1 rings (SSSR count). The zero-order chi connectivity index (χ0) is 10.1. The van der Waals surface area contributed by atoms with Gasteiger partial charge in [0.15, 0.2) is 0 Å². The van der Waals surface area contributed by atoms with Crippen LogP contribution >= 0.6 is 0 Å². The van der Waals surface area contributed by atoms with Gasteiger partial charge in [0.2, 0.25) is 0 Å². The summed E-state index contributed by atoms with van der Waals surface area (Å²) in [5, 5.41) is 0. The van der Waals surface area contributed by atoms with Crippen LogP contribution in [0.15, 0.2) is 12.2 Å².